The van der Waals surface area contributed by atoms with E-state index >= 15 is 0 Å². The predicted molar refractivity (Wildman–Crippen MR) is 81.2 cm³/mol. The fourth-order valence-corrected chi connectivity index (χ4v) is 4.27. The van der Waals surface area contributed by atoms with E-state index in [0.717, 1.165) is 10.4 Å². The van der Waals surface area contributed by atoms with Crippen molar-refractivity contribution in [1.82, 2.24) is 9.71 Å². The van der Waals surface area contributed by atoms with Crippen LogP contribution in [0, 0.1) is 20.8 Å². The summed E-state index contributed by atoms with van der Waals surface area (Å²) in [6.07, 6.45) is 1.65. The molecule has 0 amide bonds. The lowest BCUT2D eigenvalue weighted by atomic mass is 10.1. The second kappa shape index (κ2) is 5.51. The number of nitrogens with zero attached hydrogens (tertiary/aromatic N) is 1. The minimum atomic E-state index is -3.59. The summed E-state index contributed by atoms with van der Waals surface area (Å²) in [6.45, 7) is 5.62. The number of hydrogen-bond acceptors (Lipinski definition) is 5. The Morgan fingerprint density at radius 1 is 1.30 bits per heavy atom. The standard InChI is InChI=1S/C13H17N3O2S2/c1-8-4-9(2)13(10(3)12(8)14)20(17,18)16-6-11-5-15-7-19-11/h4-5,7,16H,6,14H2,1-3H3. The second-order valence-corrected chi connectivity index (χ2v) is 7.35. The van der Waals surface area contributed by atoms with Gasteiger partial charge in [-0.25, -0.2) is 13.1 Å². The van der Waals surface area contributed by atoms with Crippen LogP contribution in [-0.2, 0) is 16.6 Å². The Bertz CT molecular complexity index is 723. The first-order chi connectivity index (χ1) is 9.33. The van der Waals surface area contributed by atoms with Gasteiger partial charge in [-0.05, 0) is 37.5 Å². The molecule has 2 aromatic rings. The number of aryl methyl sites for hydroxylation is 2. The van der Waals surface area contributed by atoms with E-state index < -0.39 is 10.0 Å². The highest BCUT2D eigenvalue weighted by atomic mass is 32.2. The molecule has 108 valence electrons. The van der Waals surface area contributed by atoms with Crippen molar-refractivity contribution in [3.63, 3.8) is 0 Å². The predicted octanol–water partition coefficient (Wildman–Crippen LogP) is 2.13. The van der Waals surface area contributed by atoms with Crippen molar-refractivity contribution in [1.29, 1.82) is 0 Å². The molecular weight excluding hydrogens is 294 g/mol. The molecule has 1 aromatic carbocycles. The van der Waals surface area contributed by atoms with Gasteiger partial charge in [0.1, 0.15) is 0 Å². The largest absolute Gasteiger partial charge is 0.398 e. The van der Waals surface area contributed by atoms with Gasteiger partial charge in [0.2, 0.25) is 10.0 Å². The number of anilines is 1. The molecular formula is C13H17N3O2S2. The number of nitrogens with two attached hydrogens (primary N) is 1. The third-order valence-corrected chi connectivity index (χ3v) is 5.62. The molecule has 1 heterocycles. The maximum Gasteiger partial charge on any atom is 0.241 e. The van der Waals surface area contributed by atoms with E-state index in [4.69, 9.17) is 5.73 Å². The fourth-order valence-electron chi connectivity index (χ4n) is 2.16. The molecule has 0 radical (unpaired) electrons. The zero-order valence-electron chi connectivity index (χ0n) is 11.6. The van der Waals surface area contributed by atoms with Crippen LogP contribution in [0.4, 0.5) is 5.69 Å². The summed E-state index contributed by atoms with van der Waals surface area (Å²) in [7, 11) is -3.59. The molecule has 2 rings (SSSR count). The average Bonchev–Trinajstić information content (AvgIpc) is 2.86. The Balaban J connectivity index is 2.37. The highest BCUT2D eigenvalue weighted by Gasteiger charge is 2.21. The summed E-state index contributed by atoms with van der Waals surface area (Å²) in [5.74, 6) is 0. The molecule has 0 saturated carbocycles. The molecule has 0 saturated heterocycles. The number of nitrogen functional groups attached to an aromatic ring is 1. The highest BCUT2D eigenvalue weighted by Crippen LogP contribution is 2.28. The van der Waals surface area contributed by atoms with E-state index in [-0.39, 0.29) is 11.4 Å². The van der Waals surface area contributed by atoms with Crippen LogP contribution in [0.25, 0.3) is 0 Å². The molecule has 0 atom stereocenters. The lowest BCUT2D eigenvalue weighted by Gasteiger charge is -2.15. The number of sulfonamides is 1. The summed E-state index contributed by atoms with van der Waals surface area (Å²) < 4.78 is 27.5. The van der Waals surface area contributed by atoms with Crippen LogP contribution in [0.5, 0.6) is 0 Å². The maximum absolute atomic E-state index is 12.5. The van der Waals surface area contributed by atoms with Gasteiger partial charge in [0.05, 0.1) is 10.4 Å². The highest BCUT2D eigenvalue weighted by molar-refractivity contribution is 7.89. The van der Waals surface area contributed by atoms with E-state index in [0.29, 0.717) is 16.8 Å². The van der Waals surface area contributed by atoms with Crippen molar-refractivity contribution in [2.75, 3.05) is 5.73 Å². The molecule has 3 N–H and O–H groups in total. The van der Waals surface area contributed by atoms with E-state index in [1.165, 1.54) is 11.3 Å². The molecule has 7 heteroatoms. The minimum absolute atomic E-state index is 0.236. The van der Waals surface area contributed by atoms with Crippen LogP contribution in [0.1, 0.15) is 21.6 Å². The molecule has 1 aromatic heterocycles. The van der Waals surface area contributed by atoms with Gasteiger partial charge in [-0.1, -0.05) is 6.07 Å². The van der Waals surface area contributed by atoms with Crippen molar-refractivity contribution < 1.29 is 8.42 Å². The van der Waals surface area contributed by atoms with Crippen LogP contribution >= 0.6 is 11.3 Å². The first-order valence-electron chi connectivity index (χ1n) is 6.06. The molecule has 0 bridgehead atoms. The Labute approximate surface area is 122 Å². The van der Waals surface area contributed by atoms with Crippen molar-refractivity contribution >= 4 is 27.0 Å². The number of benzene rings is 1. The summed E-state index contributed by atoms with van der Waals surface area (Å²) in [6, 6.07) is 1.80. The van der Waals surface area contributed by atoms with Gasteiger partial charge in [-0.3, -0.25) is 4.98 Å². The van der Waals surface area contributed by atoms with Crippen molar-refractivity contribution in [2.24, 2.45) is 0 Å². The molecule has 0 aliphatic carbocycles. The number of nitrogens with one attached hydrogen (secondary N) is 1. The SMILES string of the molecule is Cc1cc(C)c(S(=O)(=O)NCc2cncs2)c(C)c1N. The van der Waals surface area contributed by atoms with Crippen LogP contribution in [0.15, 0.2) is 22.7 Å². The molecule has 5 nitrogen and oxygen atoms in total. The summed E-state index contributed by atoms with van der Waals surface area (Å²) in [5.41, 5.74) is 10.3. The van der Waals surface area contributed by atoms with Crippen molar-refractivity contribution in [3.8, 4) is 0 Å². The average molecular weight is 311 g/mol. The van der Waals surface area contributed by atoms with Gasteiger partial charge < -0.3 is 5.73 Å². The smallest absolute Gasteiger partial charge is 0.241 e. The van der Waals surface area contributed by atoms with Crippen molar-refractivity contribution in [2.45, 2.75) is 32.2 Å². The summed E-state index contributed by atoms with van der Waals surface area (Å²) in [5, 5.41) is 0. The van der Waals surface area contributed by atoms with E-state index in [9.17, 15) is 8.42 Å². The summed E-state index contributed by atoms with van der Waals surface area (Å²) in [4.78, 5) is 5.05. The molecule has 0 fully saturated rings. The zero-order chi connectivity index (χ0) is 14.9. The normalized spacial score (nSPS) is 11.8. The molecule has 0 unspecified atom stereocenters. The Kier molecular flexibility index (Phi) is 4.12. The van der Waals surface area contributed by atoms with E-state index in [1.54, 1.807) is 31.6 Å². The number of hydrogen-bond donors (Lipinski definition) is 2. The Hall–Kier alpha value is -1.44. The molecule has 20 heavy (non-hydrogen) atoms. The zero-order valence-corrected chi connectivity index (χ0v) is 13.2. The number of rotatable bonds is 4. The molecule has 0 aliphatic heterocycles. The van der Waals surface area contributed by atoms with E-state index in [2.05, 4.69) is 9.71 Å². The second-order valence-electron chi connectivity index (χ2n) is 4.67. The van der Waals surface area contributed by atoms with Gasteiger partial charge in [0.15, 0.2) is 0 Å². The van der Waals surface area contributed by atoms with Gasteiger partial charge in [0, 0.05) is 23.3 Å². The molecule has 0 aliphatic rings. The third kappa shape index (κ3) is 2.84. The third-order valence-electron chi connectivity index (χ3n) is 3.15. The van der Waals surface area contributed by atoms with Crippen molar-refractivity contribution in [3.05, 3.63) is 39.3 Å². The Morgan fingerprint density at radius 2 is 2.00 bits per heavy atom. The van der Waals surface area contributed by atoms with Gasteiger partial charge in [-0.2, -0.15) is 0 Å². The first kappa shape index (κ1) is 15.0. The van der Waals surface area contributed by atoms with Gasteiger partial charge in [0.25, 0.3) is 0 Å². The first-order valence-corrected chi connectivity index (χ1v) is 8.42. The number of thiazole rings is 1. The van der Waals surface area contributed by atoms with Gasteiger partial charge in [-0.15, -0.1) is 11.3 Å². The number of aromatic nitrogens is 1. The van der Waals surface area contributed by atoms with E-state index in [1.807, 2.05) is 6.92 Å². The van der Waals surface area contributed by atoms with Crippen LogP contribution in [0.2, 0.25) is 0 Å². The monoisotopic (exact) mass is 311 g/mol. The Morgan fingerprint density at radius 3 is 2.60 bits per heavy atom. The van der Waals surface area contributed by atoms with Crippen LogP contribution in [0.3, 0.4) is 0 Å². The molecule has 0 spiro atoms. The topological polar surface area (TPSA) is 85.1 Å². The van der Waals surface area contributed by atoms with Gasteiger partial charge >= 0.3 is 0 Å². The maximum atomic E-state index is 12.5. The lowest BCUT2D eigenvalue weighted by molar-refractivity contribution is 0.580. The summed E-state index contributed by atoms with van der Waals surface area (Å²) >= 11 is 1.41. The minimum Gasteiger partial charge on any atom is -0.398 e. The fraction of sp³-hybridized carbons (Fsp3) is 0.308. The lowest BCUT2D eigenvalue weighted by Crippen LogP contribution is -2.25. The van der Waals surface area contributed by atoms with Crippen LogP contribution in [-0.4, -0.2) is 13.4 Å². The van der Waals surface area contributed by atoms with Crippen LogP contribution < -0.4 is 10.5 Å². The quantitative estimate of drug-likeness (QED) is 0.847.